The summed E-state index contributed by atoms with van der Waals surface area (Å²) in [5, 5.41) is 0. The molecule has 15 nitrogen and oxygen atoms in total. The minimum Gasteiger partial charge on any atom is -0.497 e. The Hall–Kier alpha value is -6.24. The number of ether oxygens (including phenoxy) is 15. The largest absolute Gasteiger partial charge is 0.497 e. The predicted octanol–water partition coefficient (Wildman–Crippen LogP) is 11.9. The van der Waals surface area contributed by atoms with Crippen LogP contribution in [0.15, 0.2) is 146 Å². The smallest absolute Gasteiger partial charge is 0.118 e. The highest BCUT2D eigenvalue weighted by Gasteiger charge is 2.52. The third-order valence-corrected chi connectivity index (χ3v) is 16.4. The molecular weight excluding hydrogens is 1060 g/mol. The molecule has 8 rings (SSSR count). The van der Waals surface area contributed by atoms with Crippen LogP contribution in [0.3, 0.4) is 0 Å². The Kier molecular flexibility index (Phi) is 24.3. The molecule has 2 fully saturated rings. The number of benzene rings is 6. The van der Waals surface area contributed by atoms with Gasteiger partial charge in [0.1, 0.15) is 58.9 Å². The van der Waals surface area contributed by atoms with Crippen LogP contribution < -0.4 is 28.4 Å². The average Bonchev–Trinajstić information content (AvgIpc) is 3.64. The zero-order valence-electron chi connectivity index (χ0n) is 50.0. The van der Waals surface area contributed by atoms with Gasteiger partial charge in [0, 0.05) is 0 Å². The molecule has 0 amide bonds. The number of hydrogen-bond donors (Lipinski definition) is 0. The molecule has 6 aromatic rings. The van der Waals surface area contributed by atoms with Gasteiger partial charge >= 0.3 is 0 Å². The molecule has 0 aromatic heterocycles. The fourth-order valence-electron chi connectivity index (χ4n) is 11.0. The molecule has 2 aliphatic rings. The maximum Gasteiger partial charge on any atom is 0.118 e. The summed E-state index contributed by atoms with van der Waals surface area (Å²) >= 11 is 0. The van der Waals surface area contributed by atoms with Crippen LogP contribution in [0.1, 0.15) is 61.1 Å². The van der Waals surface area contributed by atoms with Crippen molar-refractivity contribution in [2.45, 2.75) is 116 Å². The molecule has 83 heavy (non-hydrogen) atoms. The third kappa shape index (κ3) is 17.4. The molecule has 0 unspecified atom stereocenters. The maximum absolute atomic E-state index is 6.97. The molecule has 0 aliphatic heterocycles. The second kappa shape index (κ2) is 32.2. The molecule has 448 valence electrons. The molecule has 6 aromatic carbocycles. The SMILES string of the molecule is COc1ccc(CO[C@@H]2[C@@H](OCc3ccc(OC)cc3)[C@@H](OCCOCCO[C@@H]3[C@@H](C)[C@H](C)[C@H](OCc4ccc(OC)cc4)[C@H](OCc4ccc(OC)cc4)[C@H]3OCc3ccc(OC)cc3)[C@@H](C)[C@H](C)[C@H]2OCc2ccc(OC)cc2)cc1. The molecule has 2 saturated carbocycles. The molecule has 0 bridgehead atoms. The minimum absolute atomic E-state index is 0.00873. The van der Waals surface area contributed by atoms with Gasteiger partial charge in [-0.3, -0.25) is 0 Å². The topological polar surface area (TPSA) is 138 Å². The van der Waals surface area contributed by atoms with Crippen LogP contribution in [0.25, 0.3) is 0 Å². The molecular formula is C68H86O15. The molecule has 12 atom stereocenters. The first kappa shape index (κ1) is 62.8. The summed E-state index contributed by atoms with van der Waals surface area (Å²) in [4.78, 5) is 0. The Morgan fingerprint density at radius 3 is 0.566 bits per heavy atom. The van der Waals surface area contributed by atoms with Gasteiger partial charge in [-0.15, -0.1) is 0 Å². The van der Waals surface area contributed by atoms with Crippen molar-refractivity contribution in [3.63, 3.8) is 0 Å². The Labute approximate surface area is 491 Å². The van der Waals surface area contributed by atoms with E-state index in [2.05, 4.69) is 27.7 Å². The van der Waals surface area contributed by atoms with Gasteiger partial charge in [0.05, 0.1) is 133 Å². The normalized spacial score (nSPS) is 24.2. The third-order valence-electron chi connectivity index (χ3n) is 16.4. The number of hydrogen-bond acceptors (Lipinski definition) is 15. The van der Waals surface area contributed by atoms with Crippen LogP contribution >= 0.6 is 0 Å². The lowest BCUT2D eigenvalue weighted by Crippen LogP contribution is -2.60. The molecule has 0 radical (unpaired) electrons. The molecule has 0 saturated heterocycles. The lowest BCUT2D eigenvalue weighted by molar-refractivity contribution is -0.245. The first-order valence-electron chi connectivity index (χ1n) is 28.8. The summed E-state index contributed by atoms with van der Waals surface area (Å²) in [5.74, 6) is 4.72. The first-order chi connectivity index (χ1) is 40.5. The Bertz CT molecular complexity index is 2570. The van der Waals surface area contributed by atoms with E-state index in [0.29, 0.717) is 66.1 Å². The van der Waals surface area contributed by atoms with E-state index >= 15 is 0 Å². The van der Waals surface area contributed by atoms with Crippen molar-refractivity contribution in [2.75, 3.05) is 69.1 Å². The maximum atomic E-state index is 6.97. The van der Waals surface area contributed by atoms with Gasteiger partial charge in [-0.1, -0.05) is 100 Å². The lowest BCUT2D eigenvalue weighted by Gasteiger charge is -2.49. The number of rotatable bonds is 32. The van der Waals surface area contributed by atoms with E-state index in [1.807, 2.05) is 146 Å². The van der Waals surface area contributed by atoms with Crippen molar-refractivity contribution < 1.29 is 71.1 Å². The highest BCUT2D eigenvalue weighted by atomic mass is 16.6. The summed E-state index contributed by atoms with van der Waals surface area (Å²) in [6.07, 6.45) is -3.45. The number of methoxy groups -OCH3 is 6. The van der Waals surface area contributed by atoms with E-state index in [0.717, 1.165) is 67.9 Å². The minimum atomic E-state index is -0.515. The quantitative estimate of drug-likeness (QED) is 0.0370. The molecule has 0 spiro atoms. The van der Waals surface area contributed by atoms with Crippen LogP contribution in [-0.4, -0.2) is 118 Å². The van der Waals surface area contributed by atoms with Gasteiger partial charge in [0.15, 0.2) is 0 Å². The van der Waals surface area contributed by atoms with E-state index in [9.17, 15) is 0 Å². The second-order valence-corrected chi connectivity index (χ2v) is 21.5. The van der Waals surface area contributed by atoms with Crippen molar-refractivity contribution in [3.05, 3.63) is 179 Å². The predicted molar refractivity (Wildman–Crippen MR) is 316 cm³/mol. The average molecular weight is 1140 g/mol. The summed E-state index contributed by atoms with van der Waals surface area (Å²) in [6, 6.07) is 47.5. The highest BCUT2D eigenvalue weighted by Crippen LogP contribution is 2.41. The van der Waals surface area contributed by atoms with Gasteiger partial charge < -0.3 is 71.1 Å². The van der Waals surface area contributed by atoms with Crippen LogP contribution in [0.4, 0.5) is 0 Å². The Balaban J connectivity index is 0.969. The van der Waals surface area contributed by atoms with Crippen LogP contribution in [0.2, 0.25) is 0 Å². The van der Waals surface area contributed by atoms with Crippen molar-refractivity contribution in [1.29, 1.82) is 0 Å². The van der Waals surface area contributed by atoms with E-state index in [1.165, 1.54) is 0 Å². The van der Waals surface area contributed by atoms with Crippen LogP contribution in [0, 0.1) is 23.7 Å². The van der Waals surface area contributed by atoms with E-state index < -0.39 is 24.4 Å². The highest BCUT2D eigenvalue weighted by molar-refractivity contribution is 5.31. The molecule has 2 aliphatic carbocycles. The van der Waals surface area contributed by atoms with Crippen LogP contribution in [-0.2, 0) is 82.3 Å². The Morgan fingerprint density at radius 1 is 0.217 bits per heavy atom. The zero-order valence-corrected chi connectivity index (χ0v) is 50.0. The molecule has 0 heterocycles. The van der Waals surface area contributed by atoms with Crippen molar-refractivity contribution in [3.8, 4) is 34.5 Å². The standard InChI is InChI=1S/C68H86O15/c1-45-47(3)63(78-39-49-11-23-55(69-5)24-12-49)67(82-43-53-19-31-59(73-9)32-20-53)65(80-41-51-15-27-57(71-7)28-16-51)61(45)76-37-35-75-36-38-77-62-46(2)48(4)64(79-40-50-13-25-56(70-6)26-14-50)68(83-44-54-21-33-60(74-10)34-22-54)66(62)81-42-52-17-29-58(72-8)30-18-52/h11-34,45-48,61-68H,35-44H2,1-10H3/t45-,46-,47-,48-,61-,62+,63+,64-,65-,66-,67-,68-/m0/s1. The van der Waals surface area contributed by atoms with Crippen molar-refractivity contribution in [1.82, 2.24) is 0 Å². The summed E-state index contributed by atoms with van der Waals surface area (Å²) in [5.41, 5.74) is 6.02. The van der Waals surface area contributed by atoms with Gasteiger partial charge in [-0.25, -0.2) is 0 Å². The molecule has 0 N–H and O–H groups in total. The lowest BCUT2D eigenvalue weighted by atomic mass is 9.73. The zero-order chi connectivity index (χ0) is 58.5. The van der Waals surface area contributed by atoms with Gasteiger partial charge in [-0.2, -0.15) is 0 Å². The summed E-state index contributed by atoms with van der Waals surface area (Å²) in [6.45, 7) is 12.2. The van der Waals surface area contributed by atoms with Crippen molar-refractivity contribution in [2.24, 2.45) is 23.7 Å². The first-order valence-corrected chi connectivity index (χ1v) is 28.8. The molecule has 15 heteroatoms. The van der Waals surface area contributed by atoms with Gasteiger partial charge in [-0.05, 0) is 130 Å². The summed E-state index contributed by atoms with van der Waals surface area (Å²) in [7, 11) is 9.97. The van der Waals surface area contributed by atoms with E-state index in [-0.39, 0.29) is 48.1 Å². The monoisotopic (exact) mass is 1140 g/mol. The fourth-order valence-corrected chi connectivity index (χ4v) is 11.0. The fraction of sp³-hybridized carbons (Fsp3) is 0.471. The second-order valence-electron chi connectivity index (χ2n) is 21.5. The van der Waals surface area contributed by atoms with Crippen molar-refractivity contribution >= 4 is 0 Å². The van der Waals surface area contributed by atoms with Gasteiger partial charge in [0.2, 0.25) is 0 Å². The van der Waals surface area contributed by atoms with E-state index in [1.54, 1.807) is 42.7 Å². The van der Waals surface area contributed by atoms with Crippen LogP contribution in [0.5, 0.6) is 34.5 Å². The summed E-state index contributed by atoms with van der Waals surface area (Å²) < 4.78 is 94.5. The van der Waals surface area contributed by atoms with E-state index in [4.69, 9.17) is 71.1 Å². The van der Waals surface area contributed by atoms with Gasteiger partial charge in [0.25, 0.3) is 0 Å². The Morgan fingerprint density at radius 2 is 0.386 bits per heavy atom.